The third-order valence-electron chi connectivity index (χ3n) is 14.6. The van der Waals surface area contributed by atoms with Crippen LogP contribution < -0.4 is 0 Å². The minimum atomic E-state index is -1.63. The van der Waals surface area contributed by atoms with Crippen LogP contribution in [0.4, 0.5) is 0 Å². The molecule has 0 aromatic heterocycles. The molecule has 0 aromatic carbocycles. The molecule has 4 atom stereocenters. The molecule has 3 saturated carbocycles. The standard InChI is InChI=1S/C35H68OSi2/c1-23(2)37(24(3)4,25(5)6)29-19-32(13,14)34(21-29)17-18-35(31(34)36)22-30(20-33(35,15)16)38(26(7)8,27(9)10)28(11)12/h23-30H,17-22H2,1-16H3/t29-,30-,34-,35+/m0/s1. The first kappa shape index (κ1) is 32.6. The van der Waals surface area contributed by atoms with Crippen molar-refractivity contribution >= 4 is 21.9 Å². The molecule has 0 saturated heterocycles. The number of carbonyl (C=O) groups is 1. The van der Waals surface area contributed by atoms with Gasteiger partial charge in [-0.15, -0.1) is 0 Å². The van der Waals surface area contributed by atoms with E-state index in [-0.39, 0.29) is 21.7 Å². The molecule has 3 aliphatic carbocycles. The Bertz CT molecular complexity index is 765. The third-order valence-corrected chi connectivity index (χ3v) is 30.2. The maximum absolute atomic E-state index is 15.4. The number of rotatable bonds is 8. The lowest BCUT2D eigenvalue weighted by Gasteiger charge is -2.48. The topological polar surface area (TPSA) is 17.1 Å². The van der Waals surface area contributed by atoms with Crippen LogP contribution in [0.5, 0.6) is 0 Å². The molecule has 0 unspecified atom stereocenters. The summed E-state index contributed by atoms with van der Waals surface area (Å²) in [5.74, 6) is 0.739. The fourth-order valence-electron chi connectivity index (χ4n) is 13.5. The second-order valence-corrected chi connectivity index (χ2v) is 30.5. The molecule has 0 N–H and O–H groups in total. The van der Waals surface area contributed by atoms with Gasteiger partial charge >= 0.3 is 0 Å². The summed E-state index contributed by atoms with van der Waals surface area (Å²) < 4.78 is 0. The average Bonchev–Trinajstić information content (AvgIpc) is 3.27. The highest BCUT2D eigenvalue weighted by Gasteiger charge is 2.73. The molecule has 3 heteroatoms. The highest BCUT2D eigenvalue weighted by Crippen LogP contribution is 2.77. The van der Waals surface area contributed by atoms with Gasteiger partial charge in [0.2, 0.25) is 0 Å². The fraction of sp³-hybridized carbons (Fsp3) is 0.971. The number of hydrogen-bond acceptors (Lipinski definition) is 1. The first-order valence-electron chi connectivity index (χ1n) is 16.7. The van der Waals surface area contributed by atoms with Gasteiger partial charge in [-0.3, -0.25) is 4.79 Å². The molecule has 222 valence electrons. The van der Waals surface area contributed by atoms with Crippen molar-refractivity contribution in [3.8, 4) is 0 Å². The van der Waals surface area contributed by atoms with E-state index >= 15 is 4.79 Å². The molecule has 1 nitrogen and oxygen atoms in total. The van der Waals surface area contributed by atoms with Crippen LogP contribution in [0.3, 0.4) is 0 Å². The van der Waals surface area contributed by atoms with E-state index in [1.165, 1.54) is 25.7 Å². The van der Waals surface area contributed by atoms with Crippen LogP contribution >= 0.6 is 0 Å². The number of hydrogen-bond donors (Lipinski definition) is 0. The quantitative estimate of drug-likeness (QED) is 0.270. The van der Waals surface area contributed by atoms with Crippen LogP contribution in [0.25, 0.3) is 0 Å². The first-order chi connectivity index (χ1) is 17.1. The van der Waals surface area contributed by atoms with Crippen LogP contribution in [0.1, 0.15) is 149 Å². The van der Waals surface area contributed by atoms with Crippen LogP contribution in [-0.4, -0.2) is 21.9 Å². The molecule has 2 spiro atoms. The van der Waals surface area contributed by atoms with Crippen molar-refractivity contribution in [2.24, 2.45) is 21.7 Å². The Morgan fingerprint density at radius 3 is 0.947 bits per heavy atom. The Hall–Kier alpha value is 0.104. The van der Waals surface area contributed by atoms with Crippen molar-refractivity contribution < 1.29 is 4.79 Å². The smallest absolute Gasteiger partial charge is 0.146 e. The summed E-state index contributed by atoms with van der Waals surface area (Å²) in [4.78, 5) is 15.4. The zero-order valence-electron chi connectivity index (χ0n) is 28.8. The lowest BCUT2D eigenvalue weighted by Crippen LogP contribution is -2.49. The van der Waals surface area contributed by atoms with Gasteiger partial charge in [-0.05, 0) is 60.4 Å². The molecular weight excluding hydrogens is 493 g/mol. The maximum atomic E-state index is 15.4. The Kier molecular flexibility index (Phi) is 8.69. The molecule has 38 heavy (non-hydrogen) atoms. The summed E-state index contributed by atoms with van der Waals surface area (Å²) in [6.07, 6.45) is 7.27. The van der Waals surface area contributed by atoms with Crippen molar-refractivity contribution in [3.05, 3.63) is 0 Å². The lowest BCUT2D eigenvalue weighted by atomic mass is 9.60. The monoisotopic (exact) mass is 560 g/mol. The predicted molar refractivity (Wildman–Crippen MR) is 175 cm³/mol. The van der Waals surface area contributed by atoms with Gasteiger partial charge in [0.1, 0.15) is 5.78 Å². The van der Waals surface area contributed by atoms with Gasteiger partial charge in [0, 0.05) is 10.8 Å². The molecule has 0 aliphatic heterocycles. The fourth-order valence-corrected chi connectivity index (χ4v) is 30.3. The van der Waals surface area contributed by atoms with Gasteiger partial charge in [-0.1, -0.05) is 144 Å². The summed E-state index contributed by atoms with van der Waals surface area (Å²) >= 11 is 0. The number of ketones is 1. The Morgan fingerprint density at radius 1 is 0.500 bits per heavy atom. The van der Waals surface area contributed by atoms with Crippen LogP contribution in [0.2, 0.25) is 44.3 Å². The molecule has 0 heterocycles. The molecule has 3 rings (SSSR count). The van der Waals surface area contributed by atoms with Crippen molar-refractivity contribution in [3.63, 3.8) is 0 Å². The Balaban J connectivity index is 2.10. The van der Waals surface area contributed by atoms with Gasteiger partial charge < -0.3 is 0 Å². The van der Waals surface area contributed by atoms with Gasteiger partial charge in [-0.2, -0.15) is 0 Å². The summed E-state index contributed by atoms with van der Waals surface area (Å²) in [5, 5.41) is 0. The number of Topliss-reactive ketones (excluding diaryl/α,β-unsaturated/α-hetero) is 1. The van der Waals surface area contributed by atoms with Gasteiger partial charge in [0.15, 0.2) is 0 Å². The van der Waals surface area contributed by atoms with E-state index in [9.17, 15) is 0 Å². The van der Waals surface area contributed by atoms with Crippen molar-refractivity contribution in [1.82, 2.24) is 0 Å². The zero-order valence-corrected chi connectivity index (χ0v) is 30.8. The van der Waals surface area contributed by atoms with E-state index in [4.69, 9.17) is 0 Å². The SMILES string of the molecule is CC(C)[Si](C(C)C)(C(C)C)[C@H]1CC(C)(C)[C@@]2(CC[C@@]3(C[C@@H]([Si](C(C)C)(C(C)C)C(C)C)CC3(C)C)C2=O)C1. The molecule has 0 radical (unpaired) electrons. The van der Waals surface area contributed by atoms with Gasteiger partial charge in [-0.25, -0.2) is 0 Å². The van der Waals surface area contributed by atoms with Crippen LogP contribution in [0, 0.1) is 21.7 Å². The normalized spacial score (nSPS) is 33.7. The second-order valence-electron chi connectivity index (χ2n) is 17.9. The van der Waals surface area contributed by atoms with Crippen molar-refractivity contribution in [2.45, 2.75) is 194 Å². The lowest BCUT2D eigenvalue weighted by molar-refractivity contribution is -0.142. The van der Waals surface area contributed by atoms with Crippen LogP contribution in [-0.2, 0) is 4.79 Å². The summed E-state index contributed by atoms with van der Waals surface area (Å²) in [6.45, 7) is 40.4. The third kappa shape index (κ3) is 4.03. The van der Waals surface area contributed by atoms with Gasteiger partial charge in [0.25, 0.3) is 0 Å². The van der Waals surface area contributed by atoms with E-state index in [1.807, 2.05) is 0 Å². The highest BCUT2D eigenvalue weighted by atomic mass is 28.3. The average molecular weight is 561 g/mol. The summed E-state index contributed by atoms with van der Waals surface area (Å²) in [6, 6.07) is 0. The van der Waals surface area contributed by atoms with E-state index in [1.54, 1.807) is 0 Å². The second kappa shape index (κ2) is 10.1. The van der Waals surface area contributed by atoms with E-state index in [0.717, 1.165) is 63.0 Å². The highest BCUT2D eigenvalue weighted by molar-refractivity contribution is 6.85. The van der Waals surface area contributed by atoms with E-state index in [2.05, 4.69) is 111 Å². The van der Waals surface area contributed by atoms with E-state index < -0.39 is 16.1 Å². The Labute approximate surface area is 241 Å². The van der Waals surface area contributed by atoms with E-state index in [0.29, 0.717) is 0 Å². The van der Waals surface area contributed by atoms with Crippen molar-refractivity contribution in [1.29, 1.82) is 0 Å². The molecule has 3 fully saturated rings. The predicted octanol–water partition coefficient (Wildman–Crippen LogP) is 12.1. The minimum absolute atomic E-state index is 0.0988. The summed E-state index contributed by atoms with van der Waals surface area (Å²) in [5.41, 5.74) is 6.19. The van der Waals surface area contributed by atoms with Gasteiger partial charge in [0.05, 0.1) is 16.1 Å². The van der Waals surface area contributed by atoms with Crippen molar-refractivity contribution in [2.75, 3.05) is 0 Å². The minimum Gasteiger partial charge on any atom is -0.298 e. The summed E-state index contributed by atoms with van der Waals surface area (Å²) in [7, 11) is -3.25. The maximum Gasteiger partial charge on any atom is 0.146 e. The zero-order chi connectivity index (χ0) is 29.4. The molecule has 3 aliphatic rings. The molecular formula is C35H68OSi2. The molecule has 0 aromatic rings. The molecule has 0 bridgehead atoms. The first-order valence-corrected chi connectivity index (χ1v) is 21.3. The largest absolute Gasteiger partial charge is 0.298 e. The number of carbonyl (C=O) groups excluding carboxylic acids is 1. The molecule has 0 amide bonds. The Morgan fingerprint density at radius 2 is 0.737 bits per heavy atom. The van der Waals surface area contributed by atoms with Crippen LogP contribution in [0.15, 0.2) is 0 Å².